The van der Waals surface area contributed by atoms with Gasteiger partial charge in [0.1, 0.15) is 23.2 Å². The van der Waals surface area contributed by atoms with Crippen molar-refractivity contribution in [3.05, 3.63) is 0 Å². The minimum Gasteiger partial charge on any atom is -0.458 e. The van der Waals surface area contributed by atoms with Crippen molar-refractivity contribution in [2.45, 2.75) is 116 Å². The molecule has 1 fully saturated rings. The highest BCUT2D eigenvalue weighted by molar-refractivity contribution is 7.99. The predicted molar refractivity (Wildman–Crippen MR) is 139 cm³/mol. The molecule has 1 aliphatic rings. The number of rotatable bonds is 11. The van der Waals surface area contributed by atoms with Crippen LogP contribution in [0.4, 0.5) is 4.79 Å². The van der Waals surface area contributed by atoms with Crippen molar-refractivity contribution in [1.29, 1.82) is 0 Å². The van der Waals surface area contributed by atoms with Crippen LogP contribution in [0.15, 0.2) is 0 Å². The Labute approximate surface area is 228 Å². The molecule has 12 nitrogen and oxygen atoms in total. The lowest BCUT2D eigenvalue weighted by Crippen LogP contribution is -2.57. The van der Waals surface area contributed by atoms with E-state index in [4.69, 9.17) is 18.9 Å². The third-order valence-corrected chi connectivity index (χ3v) is 6.92. The summed E-state index contributed by atoms with van der Waals surface area (Å²) in [6.45, 7) is 13.8. The first kappa shape index (κ1) is 33.6. The molecule has 218 valence electrons. The molecule has 1 heterocycles. The van der Waals surface area contributed by atoms with Gasteiger partial charge in [-0.25, -0.2) is 4.79 Å². The number of thioether (sulfide) groups is 1. The maximum atomic E-state index is 12.9. The Hall–Kier alpha value is -2.38. The number of aliphatic hydroxyl groups is 1. The van der Waals surface area contributed by atoms with Gasteiger partial charge in [0.25, 0.3) is 0 Å². The molecule has 1 saturated heterocycles. The van der Waals surface area contributed by atoms with E-state index in [1.54, 1.807) is 20.8 Å². The molecular formula is C25H42N2O10S. The van der Waals surface area contributed by atoms with Crippen molar-refractivity contribution in [3.8, 4) is 0 Å². The fraction of sp³-hybridized carbons (Fsp3) is 0.800. The number of carbonyl (C=O) groups is 5. The van der Waals surface area contributed by atoms with Crippen LogP contribution in [0.5, 0.6) is 0 Å². The molecule has 0 spiro atoms. The Balaban J connectivity index is 3.05. The van der Waals surface area contributed by atoms with Crippen LogP contribution in [0.3, 0.4) is 0 Å². The van der Waals surface area contributed by atoms with Gasteiger partial charge in [0.15, 0.2) is 11.9 Å². The summed E-state index contributed by atoms with van der Waals surface area (Å²) in [7, 11) is 0. The number of aliphatic hydroxyl groups excluding tert-OH is 1. The summed E-state index contributed by atoms with van der Waals surface area (Å²) >= 11 is 1.12. The van der Waals surface area contributed by atoms with Crippen LogP contribution in [0.1, 0.15) is 68.7 Å². The number of esters is 2. The molecule has 0 aromatic carbocycles. The molecule has 0 saturated carbocycles. The number of hydrogen-bond acceptors (Lipinski definition) is 11. The first-order valence-electron chi connectivity index (χ1n) is 12.6. The number of Topliss-reactive ketones (excluding diaryl/α,β-unsaturated/α-hetero) is 1. The van der Waals surface area contributed by atoms with Crippen molar-refractivity contribution in [2.75, 3.05) is 5.75 Å². The third-order valence-electron chi connectivity index (χ3n) is 5.68. The first-order valence-corrected chi connectivity index (χ1v) is 13.6. The first-order chi connectivity index (χ1) is 17.5. The molecule has 38 heavy (non-hydrogen) atoms. The Bertz CT molecular complexity index is 860. The molecular weight excluding hydrogens is 520 g/mol. The number of ketones is 1. The van der Waals surface area contributed by atoms with Crippen molar-refractivity contribution in [1.82, 2.24) is 10.6 Å². The minimum atomic E-state index is -1.38. The van der Waals surface area contributed by atoms with E-state index in [1.807, 2.05) is 13.8 Å². The topological polar surface area (TPSA) is 167 Å². The summed E-state index contributed by atoms with van der Waals surface area (Å²) in [5.41, 5.74) is -1.62. The highest BCUT2D eigenvalue weighted by Gasteiger charge is 2.47. The van der Waals surface area contributed by atoms with Crippen LogP contribution >= 0.6 is 11.8 Å². The van der Waals surface area contributed by atoms with Gasteiger partial charge in [-0.3, -0.25) is 19.2 Å². The van der Waals surface area contributed by atoms with Gasteiger partial charge >= 0.3 is 18.0 Å². The molecule has 0 bridgehead atoms. The zero-order chi connectivity index (χ0) is 29.4. The van der Waals surface area contributed by atoms with Gasteiger partial charge in [-0.15, -0.1) is 11.8 Å². The second kappa shape index (κ2) is 14.7. The lowest BCUT2D eigenvalue weighted by atomic mass is 9.89. The molecule has 1 rings (SSSR count). The van der Waals surface area contributed by atoms with E-state index in [9.17, 15) is 29.1 Å². The van der Waals surface area contributed by atoms with Crippen LogP contribution < -0.4 is 10.6 Å². The van der Waals surface area contributed by atoms with Crippen LogP contribution in [-0.4, -0.2) is 88.1 Å². The lowest BCUT2D eigenvalue weighted by Gasteiger charge is -2.44. The molecule has 8 atom stereocenters. The quantitative estimate of drug-likeness (QED) is 0.248. The van der Waals surface area contributed by atoms with Crippen molar-refractivity contribution in [2.24, 2.45) is 5.92 Å². The summed E-state index contributed by atoms with van der Waals surface area (Å²) < 4.78 is 22.3. The zero-order valence-electron chi connectivity index (χ0n) is 23.6. The maximum absolute atomic E-state index is 12.9. The van der Waals surface area contributed by atoms with E-state index in [1.165, 1.54) is 27.7 Å². The Morgan fingerprint density at radius 2 is 1.55 bits per heavy atom. The highest BCUT2D eigenvalue weighted by atomic mass is 32.2. The fourth-order valence-corrected chi connectivity index (χ4v) is 5.20. The number of ether oxygens (including phenoxy) is 4. The average Bonchev–Trinajstić information content (AvgIpc) is 2.76. The second-order valence-corrected chi connectivity index (χ2v) is 11.5. The zero-order valence-corrected chi connectivity index (χ0v) is 24.4. The van der Waals surface area contributed by atoms with Gasteiger partial charge in [0.05, 0.1) is 18.2 Å². The van der Waals surface area contributed by atoms with Crippen LogP contribution in [0.2, 0.25) is 0 Å². The van der Waals surface area contributed by atoms with Gasteiger partial charge in [-0.2, -0.15) is 0 Å². The van der Waals surface area contributed by atoms with E-state index in [0.29, 0.717) is 6.42 Å². The van der Waals surface area contributed by atoms with Crippen LogP contribution in [-0.2, 0) is 38.1 Å². The van der Waals surface area contributed by atoms with Gasteiger partial charge in [0, 0.05) is 25.5 Å². The van der Waals surface area contributed by atoms with Crippen LogP contribution in [0.25, 0.3) is 0 Å². The van der Waals surface area contributed by atoms with E-state index in [2.05, 4.69) is 10.6 Å². The number of carbonyl (C=O) groups excluding carboxylic acids is 5. The molecule has 1 aliphatic heterocycles. The number of alkyl carbamates (subject to hydrolysis) is 1. The third kappa shape index (κ3) is 10.8. The number of hydrogen-bond donors (Lipinski definition) is 3. The monoisotopic (exact) mass is 562 g/mol. The summed E-state index contributed by atoms with van der Waals surface area (Å²) in [5.74, 6) is -2.54. The summed E-state index contributed by atoms with van der Waals surface area (Å²) in [5, 5.41) is 15.0. The molecule has 2 amide bonds. The van der Waals surface area contributed by atoms with E-state index < -0.39 is 65.4 Å². The van der Waals surface area contributed by atoms with Gasteiger partial charge in [-0.1, -0.05) is 13.8 Å². The van der Waals surface area contributed by atoms with Gasteiger partial charge in [-0.05, 0) is 41.0 Å². The van der Waals surface area contributed by atoms with Crippen molar-refractivity contribution < 1.29 is 48.0 Å². The van der Waals surface area contributed by atoms with Crippen molar-refractivity contribution >= 4 is 41.5 Å². The Morgan fingerprint density at radius 3 is 2.00 bits per heavy atom. The molecule has 0 radical (unpaired) electrons. The SMILES string of the molecule is CC[C@H]1O[C@H](SC[C@H](NC(=O)[C@@H](NC(=O)OC(C)(C)C)[C@@H](C)O)C(C)=O)[C@H](OC(C)=O)[C@@H](OC(C)=O)[C@@H]1C. The van der Waals surface area contributed by atoms with Gasteiger partial charge < -0.3 is 34.7 Å². The van der Waals surface area contributed by atoms with E-state index in [-0.39, 0.29) is 23.6 Å². The largest absolute Gasteiger partial charge is 0.458 e. The van der Waals surface area contributed by atoms with E-state index in [0.717, 1.165) is 11.8 Å². The molecule has 0 aliphatic carbocycles. The smallest absolute Gasteiger partial charge is 0.408 e. The highest BCUT2D eigenvalue weighted by Crippen LogP contribution is 2.36. The number of amides is 2. The normalized spacial score (nSPS) is 25.8. The molecule has 0 aromatic heterocycles. The fourth-order valence-electron chi connectivity index (χ4n) is 3.87. The van der Waals surface area contributed by atoms with Crippen LogP contribution in [0, 0.1) is 5.92 Å². The molecule has 3 N–H and O–H groups in total. The summed E-state index contributed by atoms with van der Waals surface area (Å²) in [6, 6.07) is -2.41. The summed E-state index contributed by atoms with van der Waals surface area (Å²) in [6.07, 6.45) is -3.61. The lowest BCUT2D eigenvalue weighted by molar-refractivity contribution is -0.207. The average molecular weight is 563 g/mol. The predicted octanol–water partition coefficient (Wildman–Crippen LogP) is 1.70. The number of nitrogens with one attached hydrogen (secondary N) is 2. The molecule has 13 heteroatoms. The standard InChI is InChI=1S/C25H42N2O10S/c1-10-18-12(2)20(34-15(5)30)21(35-16(6)31)23(36-18)38-11-17(13(3)28)26-22(32)19(14(4)29)27-24(33)37-25(7,8)9/h12,14,17-21,23,29H,10-11H2,1-9H3,(H,26,32)(H,27,33)/t12-,14-,17+,18-,19+,20+,21-,23-/m1/s1. The summed E-state index contributed by atoms with van der Waals surface area (Å²) in [4.78, 5) is 61.1. The minimum absolute atomic E-state index is 0.0140. The van der Waals surface area contributed by atoms with Crippen molar-refractivity contribution in [3.63, 3.8) is 0 Å². The Kier molecular flexibility index (Phi) is 13.0. The molecule has 0 aromatic rings. The maximum Gasteiger partial charge on any atom is 0.408 e. The van der Waals surface area contributed by atoms with Gasteiger partial charge in [0.2, 0.25) is 5.91 Å². The van der Waals surface area contributed by atoms with E-state index >= 15 is 0 Å². The Morgan fingerprint density at radius 1 is 1.00 bits per heavy atom. The molecule has 0 unspecified atom stereocenters. The second-order valence-electron chi connectivity index (χ2n) is 10.3.